The Kier molecular flexibility index (Phi) is 9.21. The molecule has 5 nitrogen and oxygen atoms in total. The van der Waals surface area contributed by atoms with Gasteiger partial charge in [-0.2, -0.15) is 10.3 Å². The number of allylic oxidation sites excluding steroid dienone is 2. The zero-order valence-electron chi connectivity index (χ0n) is 17.7. The lowest BCUT2D eigenvalue weighted by molar-refractivity contribution is -0.140. The Bertz CT molecular complexity index is 582. The highest BCUT2D eigenvalue weighted by Gasteiger charge is 2.35. The molecule has 2 atom stereocenters. The van der Waals surface area contributed by atoms with E-state index in [1.165, 1.54) is 17.9 Å². The van der Waals surface area contributed by atoms with Gasteiger partial charge in [0.2, 0.25) is 0 Å². The molecule has 2 aliphatic heterocycles. The van der Waals surface area contributed by atoms with E-state index in [0.29, 0.717) is 6.42 Å². The van der Waals surface area contributed by atoms with Gasteiger partial charge in [0.1, 0.15) is 0 Å². The average molecular weight is 387 g/mol. The van der Waals surface area contributed by atoms with E-state index in [9.17, 15) is 5.21 Å². The predicted octanol–water partition coefficient (Wildman–Crippen LogP) is 4.80. The van der Waals surface area contributed by atoms with Crippen molar-refractivity contribution in [2.45, 2.75) is 64.2 Å². The number of nitriles is 1. The lowest BCUT2D eigenvalue weighted by atomic mass is 9.73. The Balaban J connectivity index is 1.99. The molecule has 2 fully saturated rings. The third-order valence-electron chi connectivity index (χ3n) is 6.53. The van der Waals surface area contributed by atoms with E-state index in [2.05, 4.69) is 34.8 Å². The zero-order valence-corrected chi connectivity index (χ0v) is 17.7. The predicted molar refractivity (Wildman–Crippen MR) is 115 cm³/mol. The van der Waals surface area contributed by atoms with E-state index in [-0.39, 0.29) is 10.8 Å². The fraction of sp³-hybridized carbons (Fsp3) is 0.739. The Morgan fingerprint density at radius 1 is 1.14 bits per heavy atom. The summed E-state index contributed by atoms with van der Waals surface area (Å²) >= 11 is 0. The van der Waals surface area contributed by atoms with Gasteiger partial charge in [-0.3, -0.25) is 0 Å². The van der Waals surface area contributed by atoms with Crippen molar-refractivity contribution in [1.29, 1.82) is 5.26 Å². The summed E-state index contributed by atoms with van der Waals surface area (Å²) in [4.78, 5) is 6.56. The molecule has 0 unspecified atom stereocenters. The van der Waals surface area contributed by atoms with E-state index in [4.69, 9.17) is 5.26 Å². The highest BCUT2D eigenvalue weighted by atomic mass is 16.5. The van der Waals surface area contributed by atoms with Crippen LogP contribution in [0.1, 0.15) is 64.2 Å². The maximum atomic E-state index is 10.1. The molecule has 2 aliphatic rings. The van der Waals surface area contributed by atoms with Crippen molar-refractivity contribution < 1.29 is 5.21 Å². The van der Waals surface area contributed by atoms with Gasteiger partial charge >= 0.3 is 0 Å². The zero-order chi connectivity index (χ0) is 20.3. The second-order valence-electron chi connectivity index (χ2n) is 8.79. The van der Waals surface area contributed by atoms with E-state index >= 15 is 0 Å². The van der Waals surface area contributed by atoms with Gasteiger partial charge in [0.15, 0.2) is 0 Å². The molecular weight excluding hydrogens is 348 g/mol. The monoisotopic (exact) mass is 386 g/mol. The first-order valence-electron chi connectivity index (χ1n) is 10.8. The van der Waals surface area contributed by atoms with E-state index in [1.54, 1.807) is 0 Å². The van der Waals surface area contributed by atoms with Crippen molar-refractivity contribution in [3.05, 3.63) is 24.9 Å². The summed E-state index contributed by atoms with van der Waals surface area (Å²) < 4.78 is 0. The van der Waals surface area contributed by atoms with Crippen molar-refractivity contribution in [2.75, 3.05) is 33.2 Å². The van der Waals surface area contributed by atoms with Crippen molar-refractivity contribution in [3.8, 4) is 6.07 Å². The van der Waals surface area contributed by atoms with Crippen LogP contribution in [-0.2, 0) is 0 Å². The van der Waals surface area contributed by atoms with E-state index < -0.39 is 0 Å². The molecule has 0 saturated carbocycles. The van der Waals surface area contributed by atoms with Gasteiger partial charge in [-0.15, -0.1) is 6.58 Å². The molecule has 0 amide bonds. The quantitative estimate of drug-likeness (QED) is 0.432. The topological polar surface area (TPSA) is 62.9 Å². The molecule has 0 radical (unpaired) electrons. The molecular formula is C23H38N4O. The third-order valence-corrected chi connectivity index (χ3v) is 6.53. The molecule has 0 spiro atoms. The summed E-state index contributed by atoms with van der Waals surface area (Å²) in [5, 5.41) is 20.6. The standard InChI is InChI=1S/C23H38N4O/c1-3-9-22(10-4-15-24)12-6-17-26(20-22)18-7-13-23(11-5-16-25-2)14-8-19-27(28)21-23/h3,7,16,18,28H,1,4-6,8-14,17,19-21H2,2H3/b18-7+,25-16?/t22-,23+/m0/s1. The number of piperidine rings is 2. The third kappa shape index (κ3) is 6.76. The van der Waals surface area contributed by atoms with Gasteiger partial charge in [0, 0.05) is 39.6 Å². The highest BCUT2D eigenvalue weighted by molar-refractivity contribution is 5.56. The molecule has 0 aromatic carbocycles. The number of aliphatic imine (C=N–C) groups is 1. The van der Waals surface area contributed by atoms with Crippen molar-refractivity contribution in [3.63, 3.8) is 0 Å². The molecule has 156 valence electrons. The van der Waals surface area contributed by atoms with Crippen LogP contribution >= 0.6 is 0 Å². The molecule has 0 aromatic rings. The fourth-order valence-corrected chi connectivity index (χ4v) is 5.08. The van der Waals surface area contributed by atoms with E-state index in [1.807, 2.05) is 19.3 Å². The summed E-state index contributed by atoms with van der Waals surface area (Å²) in [7, 11) is 1.82. The number of rotatable bonds is 10. The van der Waals surface area contributed by atoms with Gasteiger partial charge < -0.3 is 15.1 Å². The Morgan fingerprint density at radius 3 is 2.57 bits per heavy atom. The minimum atomic E-state index is 0.138. The van der Waals surface area contributed by atoms with Gasteiger partial charge in [0.05, 0.1) is 6.07 Å². The molecule has 0 aliphatic carbocycles. The summed E-state index contributed by atoms with van der Waals surface area (Å²) in [5.74, 6) is 0. The van der Waals surface area contributed by atoms with Crippen LogP contribution in [0.15, 0.2) is 29.9 Å². The number of nitrogens with zero attached hydrogens (tertiary/aromatic N) is 4. The molecule has 2 heterocycles. The number of hydrogen-bond acceptors (Lipinski definition) is 5. The average Bonchev–Trinajstić information content (AvgIpc) is 2.67. The molecule has 1 N–H and O–H groups in total. The second kappa shape index (κ2) is 11.4. The summed E-state index contributed by atoms with van der Waals surface area (Å²) in [6.07, 6.45) is 18.8. The number of hydrogen-bond donors (Lipinski definition) is 1. The van der Waals surface area contributed by atoms with Crippen molar-refractivity contribution in [2.24, 2.45) is 15.8 Å². The van der Waals surface area contributed by atoms with Crippen molar-refractivity contribution in [1.82, 2.24) is 9.96 Å². The van der Waals surface area contributed by atoms with E-state index in [0.717, 1.165) is 71.1 Å². The van der Waals surface area contributed by atoms with Crippen molar-refractivity contribution >= 4 is 6.21 Å². The van der Waals surface area contributed by atoms with Gasteiger partial charge in [-0.25, -0.2) is 0 Å². The molecule has 0 aromatic heterocycles. The largest absolute Gasteiger partial charge is 0.377 e. The Labute approximate surface area is 171 Å². The Hall–Kier alpha value is -1.64. The lowest BCUT2D eigenvalue weighted by Gasteiger charge is -2.43. The SMILES string of the molecule is C=CC[C@]1(CCC#N)CCCN(/C=C/C[C@]2(CCC=NC)CCCN(O)C2)C1. The van der Waals surface area contributed by atoms with Crippen LogP contribution in [0.2, 0.25) is 0 Å². The lowest BCUT2D eigenvalue weighted by Crippen LogP contribution is -2.42. The summed E-state index contributed by atoms with van der Waals surface area (Å²) in [6, 6.07) is 2.32. The van der Waals surface area contributed by atoms with Crippen LogP contribution in [-0.4, -0.2) is 54.6 Å². The molecule has 2 rings (SSSR count). The number of likely N-dealkylation sites (tertiary alicyclic amines) is 1. The molecule has 2 saturated heterocycles. The number of hydroxylamine groups is 2. The van der Waals surface area contributed by atoms with Gasteiger partial charge in [-0.05, 0) is 81.0 Å². The van der Waals surface area contributed by atoms with Crippen LogP contribution in [0.25, 0.3) is 0 Å². The van der Waals surface area contributed by atoms with Crippen LogP contribution in [0.4, 0.5) is 0 Å². The first-order valence-corrected chi connectivity index (χ1v) is 10.8. The fourth-order valence-electron chi connectivity index (χ4n) is 5.08. The minimum Gasteiger partial charge on any atom is -0.377 e. The summed E-state index contributed by atoms with van der Waals surface area (Å²) in [5.41, 5.74) is 0.335. The molecule has 5 heteroatoms. The van der Waals surface area contributed by atoms with Crippen LogP contribution in [0, 0.1) is 22.2 Å². The minimum absolute atomic E-state index is 0.138. The van der Waals surface area contributed by atoms with Crippen LogP contribution in [0.3, 0.4) is 0 Å². The van der Waals surface area contributed by atoms with Crippen LogP contribution < -0.4 is 0 Å². The Morgan fingerprint density at radius 2 is 1.89 bits per heavy atom. The maximum absolute atomic E-state index is 10.1. The van der Waals surface area contributed by atoms with Gasteiger partial charge in [0.25, 0.3) is 0 Å². The van der Waals surface area contributed by atoms with Crippen LogP contribution in [0.5, 0.6) is 0 Å². The first kappa shape index (κ1) is 22.6. The second-order valence-corrected chi connectivity index (χ2v) is 8.79. The van der Waals surface area contributed by atoms with Gasteiger partial charge in [-0.1, -0.05) is 12.2 Å². The first-order chi connectivity index (χ1) is 13.6. The smallest absolute Gasteiger partial charge is 0.0621 e. The molecule has 0 bridgehead atoms. The molecule has 28 heavy (non-hydrogen) atoms. The maximum Gasteiger partial charge on any atom is 0.0621 e. The normalized spacial score (nSPS) is 29.4. The highest BCUT2D eigenvalue weighted by Crippen LogP contribution is 2.40. The summed E-state index contributed by atoms with van der Waals surface area (Å²) in [6.45, 7) is 7.58.